The van der Waals surface area contributed by atoms with Crippen molar-refractivity contribution in [3.63, 3.8) is 0 Å². The summed E-state index contributed by atoms with van der Waals surface area (Å²) in [5.74, 6) is 6.67. The van der Waals surface area contributed by atoms with Crippen LogP contribution in [0.2, 0.25) is 0 Å². The Labute approximate surface area is 203 Å². The second-order valence-corrected chi connectivity index (χ2v) is 7.92. The van der Waals surface area contributed by atoms with Gasteiger partial charge in [0, 0.05) is 35.8 Å². The Balaban J connectivity index is 1.23. The van der Waals surface area contributed by atoms with Crippen LogP contribution in [-0.2, 0) is 4.84 Å². The van der Waals surface area contributed by atoms with E-state index in [4.69, 9.17) is 4.84 Å². The van der Waals surface area contributed by atoms with Gasteiger partial charge in [-0.2, -0.15) is 5.06 Å². The molecule has 3 aromatic carbocycles. The van der Waals surface area contributed by atoms with Gasteiger partial charge in [-0.3, -0.25) is 4.84 Å². The van der Waals surface area contributed by atoms with Crippen LogP contribution in [0.15, 0.2) is 97.3 Å². The summed E-state index contributed by atoms with van der Waals surface area (Å²) >= 11 is 0. The SMILES string of the molecule is O=C(Nc1cccc(C#Cc2cnc(Nc3ccccc3)nc2)c1)N1OCC[C@H]1c1ccccc1. The second-order valence-electron chi connectivity index (χ2n) is 7.92. The van der Waals surface area contributed by atoms with Gasteiger partial charge in [0.2, 0.25) is 5.95 Å². The molecule has 2 heterocycles. The zero-order valence-corrected chi connectivity index (χ0v) is 18.9. The summed E-state index contributed by atoms with van der Waals surface area (Å²) in [5.41, 5.74) is 4.06. The smallest absolute Gasteiger partial charge is 0.324 e. The van der Waals surface area contributed by atoms with Crippen molar-refractivity contribution in [3.8, 4) is 11.8 Å². The number of aromatic nitrogens is 2. The number of benzene rings is 3. The summed E-state index contributed by atoms with van der Waals surface area (Å²) in [7, 11) is 0. The third-order valence-electron chi connectivity index (χ3n) is 5.44. The first-order chi connectivity index (χ1) is 17.2. The van der Waals surface area contributed by atoms with Crippen molar-refractivity contribution in [2.45, 2.75) is 12.5 Å². The van der Waals surface area contributed by atoms with Crippen LogP contribution in [0.25, 0.3) is 0 Å². The summed E-state index contributed by atoms with van der Waals surface area (Å²) in [5, 5.41) is 7.47. The minimum Gasteiger partial charge on any atom is -0.324 e. The van der Waals surface area contributed by atoms with Crippen LogP contribution < -0.4 is 10.6 Å². The summed E-state index contributed by atoms with van der Waals surface area (Å²) in [6, 6.07) is 26.6. The van der Waals surface area contributed by atoms with Crippen LogP contribution in [0.5, 0.6) is 0 Å². The van der Waals surface area contributed by atoms with E-state index in [0.717, 1.165) is 23.2 Å². The van der Waals surface area contributed by atoms with E-state index in [1.807, 2.05) is 84.9 Å². The average molecular weight is 462 g/mol. The molecule has 1 fully saturated rings. The average Bonchev–Trinajstić information content (AvgIpc) is 3.40. The van der Waals surface area contributed by atoms with E-state index in [0.29, 0.717) is 23.8 Å². The van der Waals surface area contributed by atoms with E-state index in [-0.39, 0.29) is 12.1 Å². The molecule has 1 atom stereocenters. The van der Waals surface area contributed by atoms with Crippen molar-refractivity contribution >= 4 is 23.4 Å². The van der Waals surface area contributed by atoms with Crippen molar-refractivity contribution < 1.29 is 9.63 Å². The Morgan fingerprint density at radius 2 is 1.54 bits per heavy atom. The molecule has 7 nitrogen and oxygen atoms in total. The number of nitrogens with zero attached hydrogens (tertiary/aromatic N) is 3. The molecule has 1 aliphatic rings. The molecule has 1 aromatic heterocycles. The van der Waals surface area contributed by atoms with Gasteiger partial charge in [-0.25, -0.2) is 14.8 Å². The predicted octanol–water partition coefficient (Wildman–Crippen LogP) is 5.53. The lowest BCUT2D eigenvalue weighted by Crippen LogP contribution is -2.33. The first kappa shape index (κ1) is 22.1. The second kappa shape index (κ2) is 10.5. The lowest BCUT2D eigenvalue weighted by molar-refractivity contribution is -0.0829. The fourth-order valence-corrected chi connectivity index (χ4v) is 3.75. The Morgan fingerprint density at radius 3 is 2.31 bits per heavy atom. The molecule has 0 saturated carbocycles. The Hall–Kier alpha value is -4.67. The number of anilines is 3. The van der Waals surface area contributed by atoms with E-state index < -0.39 is 0 Å². The third kappa shape index (κ3) is 5.64. The van der Waals surface area contributed by atoms with Crippen LogP contribution in [0.4, 0.5) is 22.1 Å². The number of rotatable bonds is 4. The zero-order chi connectivity index (χ0) is 23.9. The topological polar surface area (TPSA) is 79.4 Å². The highest BCUT2D eigenvalue weighted by Gasteiger charge is 2.31. The number of amides is 2. The van der Waals surface area contributed by atoms with Gasteiger partial charge in [0.15, 0.2) is 0 Å². The van der Waals surface area contributed by atoms with Gasteiger partial charge in [-0.15, -0.1) is 0 Å². The van der Waals surface area contributed by atoms with Gasteiger partial charge >= 0.3 is 6.03 Å². The van der Waals surface area contributed by atoms with E-state index in [2.05, 4.69) is 32.4 Å². The standard InChI is InChI=1S/C28H23N5O2/c34-28(33-26(16-17-35-33)23-9-3-1-4-10-23)32-25-13-7-8-21(18-25)14-15-22-19-29-27(30-20-22)31-24-11-5-2-6-12-24/h1-13,18-20,26H,16-17H2,(H,32,34)(H,29,30,31)/t26-/m0/s1. The highest BCUT2D eigenvalue weighted by atomic mass is 16.7. The molecule has 0 bridgehead atoms. The minimum absolute atomic E-state index is 0.112. The molecule has 1 saturated heterocycles. The van der Waals surface area contributed by atoms with Crippen LogP contribution >= 0.6 is 0 Å². The number of hydroxylamine groups is 2. The summed E-state index contributed by atoms with van der Waals surface area (Å²) < 4.78 is 0. The number of nitrogens with one attached hydrogen (secondary N) is 2. The molecule has 2 N–H and O–H groups in total. The molecule has 0 radical (unpaired) electrons. The molecule has 35 heavy (non-hydrogen) atoms. The van der Waals surface area contributed by atoms with Gasteiger partial charge in [-0.05, 0) is 35.9 Å². The molecule has 172 valence electrons. The molecule has 1 aliphatic heterocycles. The highest BCUT2D eigenvalue weighted by Crippen LogP contribution is 2.30. The molecule has 2 amide bonds. The number of para-hydroxylation sites is 1. The maximum atomic E-state index is 12.9. The molecule has 0 unspecified atom stereocenters. The Bertz CT molecular complexity index is 1350. The fraction of sp³-hybridized carbons (Fsp3) is 0.107. The molecular formula is C28H23N5O2. The fourth-order valence-electron chi connectivity index (χ4n) is 3.75. The van der Waals surface area contributed by atoms with E-state index in [9.17, 15) is 4.79 Å². The van der Waals surface area contributed by atoms with Crippen molar-refractivity contribution in [3.05, 3.63) is 114 Å². The number of hydrogen-bond acceptors (Lipinski definition) is 5. The monoisotopic (exact) mass is 461 g/mol. The minimum atomic E-state index is -0.309. The molecule has 4 aromatic rings. The third-order valence-corrected chi connectivity index (χ3v) is 5.44. The number of carbonyl (C=O) groups excluding carboxylic acids is 1. The normalized spacial score (nSPS) is 14.6. The number of hydrogen-bond donors (Lipinski definition) is 2. The maximum absolute atomic E-state index is 12.9. The lowest BCUT2D eigenvalue weighted by atomic mass is 10.1. The van der Waals surface area contributed by atoms with Gasteiger partial charge in [-0.1, -0.05) is 66.4 Å². The van der Waals surface area contributed by atoms with Crippen LogP contribution in [0.3, 0.4) is 0 Å². The quantitative estimate of drug-likeness (QED) is 0.391. The van der Waals surface area contributed by atoms with Crippen molar-refractivity contribution in [2.75, 3.05) is 17.2 Å². The van der Waals surface area contributed by atoms with Crippen LogP contribution in [0, 0.1) is 11.8 Å². The largest absolute Gasteiger partial charge is 0.346 e. The number of carbonyl (C=O) groups is 1. The van der Waals surface area contributed by atoms with E-state index >= 15 is 0 Å². The van der Waals surface area contributed by atoms with Crippen molar-refractivity contribution in [2.24, 2.45) is 0 Å². The molecule has 7 heteroatoms. The van der Waals surface area contributed by atoms with Crippen LogP contribution in [-0.4, -0.2) is 27.7 Å². The lowest BCUT2D eigenvalue weighted by Gasteiger charge is -2.23. The van der Waals surface area contributed by atoms with Crippen molar-refractivity contribution in [1.29, 1.82) is 0 Å². The molecule has 0 spiro atoms. The first-order valence-corrected chi connectivity index (χ1v) is 11.3. The number of urea groups is 1. The molecule has 5 rings (SSSR count). The van der Waals surface area contributed by atoms with Gasteiger partial charge in [0.25, 0.3) is 0 Å². The van der Waals surface area contributed by atoms with Gasteiger partial charge in [0.05, 0.1) is 18.2 Å². The van der Waals surface area contributed by atoms with E-state index in [1.165, 1.54) is 5.06 Å². The van der Waals surface area contributed by atoms with Crippen molar-refractivity contribution in [1.82, 2.24) is 15.0 Å². The van der Waals surface area contributed by atoms with Crippen LogP contribution in [0.1, 0.15) is 29.2 Å². The summed E-state index contributed by atoms with van der Waals surface area (Å²) in [4.78, 5) is 27.1. The predicted molar refractivity (Wildman–Crippen MR) is 135 cm³/mol. The zero-order valence-electron chi connectivity index (χ0n) is 18.9. The summed E-state index contributed by atoms with van der Waals surface area (Å²) in [6.45, 7) is 0.500. The molecule has 0 aliphatic carbocycles. The Morgan fingerprint density at radius 1 is 0.857 bits per heavy atom. The first-order valence-electron chi connectivity index (χ1n) is 11.3. The summed E-state index contributed by atoms with van der Waals surface area (Å²) in [6.07, 6.45) is 4.10. The van der Waals surface area contributed by atoms with Gasteiger partial charge < -0.3 is 10.6 Å². The van der Waals surface area contributed by atoms with E-state index in [1.54, 1.807) is 12.4 Å². The maximum Gasteiger partial charge on any atom is 0.346 e. The van der Waals surface area contributed by atoms with Gasteiger partial charge in [0.1, 0.15) is 0 Å². The Kier molecular flexibility index (Phi) is 6.65. The highest BCUT2D eigenvalue weighted by molar-refractivity contribution is 5.89. The molecular weight excluding hydrogens is 438 g/mol.